The molecule has 0 aromatic heterocycles. The van der Waals surface area contributed by atoms with Gasteiger partial charge in [0.05, 0.1) is 24.7 Å². The number of benzene rings is 2. The van der Waals surface area contributed by atoms with Crippen LogP contribution in [0.4, 0.5) is 4.79 Å². The minimum Gasteiger partial charge on any atom is -0.497 e. The van der Waals surface area contributed by atoms with Crippen LogP contribution in [0.2, 0.25) is 0 Å². The number of hydrogen-bond acceptors (Lipinski definition) is 6. The van der Waals surface area contributed by atoms with Crippen molar-refractivity contribution in [3.05, 3.63) is 70.6 Å². The van der Waals surface area contributed by atoms with E-state index in [9.17, 15) is 19.5 Å². The van der Waals surface area contributed by atoms with Gasteiger partial charge >= 0.3 is 0 Å². The summed E-state index contributed by atoms with van der Waals surface area (Å²) in [6.07, 6.45) is 2.04. The Balaban J connectivity index is 1.63. The summed E-state index contributed by atoms with van der Waals surface area (Å²) in [6.45, 7) is -0.649. The van der Waals surface area contributed by atoms with Crippen molar-refractivity contribution in [3.63, 3.8) is 0 Å². The molecule has 30 heavy (non-hydrogen) atoms. The number of hydrogen-bond donors (Lipinski definition) is 2. The van der Waals surface area contributed by atoms with Gasteiger partial charge in [-0.3, -0.25) is 19.3 Å². The number of amides is 3. The fourth-order valence-corrected chi connectivity index (χ4v) is 3.83. The second-order valence-corrected chi connectivity index (χ2v) is 7.67. The largest absolute Gasteiger partial charge is 0.497 e. The molecule has 0 spiro atoms. The topological polar surface area (TPSA) is 95.9 Å². The van der Waals surface area contributed by atoms with Crippen molar-refractivity contribution in [2.45, 2.75) is 12.5 Å². The SMILES string of the molecule is COc1cccc(/C=C2\SC(=O)N(CC(=O)N[C@@H](CO)Cc3ccccc3)C2=O)c1. The third-order valence-corrected chi connectivity index (χ3v) is 5.38. The van der Waals surface area contributed by atoms with Crippen LogP contribution in [-0.4, -0.2) is 53.4 Å². The summed E-state index contributed by atoms with van der Waals surface area (Å²) in [5, 5.41) is 11.7. The van der Waals surface area contributed by atoms with E-state index in [1.165, 1.54) is 0 Å². The second kappa shape index (κ2) is 10.1. The van der Waals surface area contributed by atoms with Gasteiger partial charge in [-0.25, -0.2) is 0 Å². The van der Waals surface area contributed by atoms with Gasteiger partial charge < -0.3 is 15.2 Å². The molecule has 0 bridgehead atoms. The molecule has 0 saturated carbocycles. The van der Waals surface area contributed by atoms with Gasteiger partial charge in [0.25, 0.3) is 11.1 Å². The number of nitrogens with zero attached hydrogens (tertiary/aromatic N) is 1. The van der Waals surface area contributed by atoms with Gasteiger partial charge in [0.2, 0.25) is 5.91 Å². The van der Waals surface area contributed by atoms with Gasteiger partial charge in [-0.2, -0.15) is 0 Å². The van der Waals surface area contributed by atoms with E-state index in [-0.39, 0.29) is 11.5 Å². The van der Waals surface area contributed by atoms with E-state index in [2.05, 4.69) is 5.32 Å². The van der Waals surface area contributed by atoms with Crippen molar-refractivity contribution < 1.29 is 24.2 Å². The lowest BCUT2D eigenvalue weighted by Gasteiger charge is -2.18. The number of methoxy groups -OCH3 is 1. The molecule has 2 N–H and O–H groups in total. The molecule has 1 atom stereocenters. The van der Waals surface area contributed by atoms with E-state index >= 15 is 0 Å². The van der Waals surface area contributed by atoms with Crippen LogP contribution in [0, 0.1) is 0 Å². The van der Waals surface area contributed by atoms with Crippen molar-refractivity contribution in [3.8, 4) is 5.75 Å². The number of rotatable bonds is 8. The van der Waals surface area contributed by atoms with Crippen molar-refractivity contribution in [2.24, 2.45) is 0 Å². The lowest BCUT2D eigenvalue weighted by molar-refractivity contribution is -0.129. The minimum atomic E-state index is -0.522. The fourth-order valence-electron chi connectivity index (χ4n) is 3.00. The van der Waals surface area contributed by atoms with Crippen LogP contribution in [0.25, 0.3) is 6.08 Å². The molecule has 156 valence electrons. The molecule has 1 aliphatic heterocycles. The average Bonchev–Trinajstić information content (AvgIpc) is 3.01. The predicted octanol–water partition coefficient (Wildman–Crippen LogP) is 2.45. The Hall–Kier alpha value is -3.10. The van der Waals surface area contributed by atoms with Crippen LogP contribution in [0.5, 0.6) is 5.75 Å². The Labute approximate surface area is 178 Å². The van der Waals surface area contributed by atoms with Gasteiger partial charge in [0.15, 0.2) is 0 Å². The van der Waals surface area contributed by atoms with Crippen molar-refractivity contribution in [1.82, 2.24) is 10.2 Å². The molecule has 1 heterocycles. The Kier molecular flexibility index (Phi) is 7.26. The average molecular weight is 426 g/mol. The lowest BCUT2D eigenvalue weighted by atomic mass is 10.1. The maximum absolute atomic E-state index is 12.6. The first-order chi connectivity index (χ1) is 14.5. The van der Waals surface area contributed by atoms with Crippen molar-refractivity contribution >= 4 is 34.9 Å². The lowest BCUT2D eigenvalue weighted by Crippen LogP contribution is -2.45. The highest BCUT2D eigenvalue weighted by Crippen LogP contribution is 2.32. The number of carbonyl (C=O) groups excluding carboxylic acids is 3. The molecular formula is C22H22N2O5S. The molecule has 0 unspecified atom stereocenters. The Morgan fingerprint density at radius 1 is 1.20 bits per heavy atom. The van der Waals surface area contributed by atoms with Crippen LogP contribution < -0.4 is 10.1 Å². The molecule has 1 fully saturated rings. The summed E-state index contributed by atoms with van der Waals surface area (Å²) >= 11 is 0.788. The molecule has 1 saturated heterocycles. The fraction of sp³-hybridized carbons (Fsp3) is 0.227. The zero-order valence-corrected chi connectivity index (χ0v) is 17.2. The van der Waals surface area contributed by atoms with Crippen LogP contribution in [-0.2, 0) is 16.0 Å². The first-order valence-electron chi connectivity index (χ1n) is 9.33. The highest BCUT2D eigenvalue weighted by molar-refractivity contribution is 8.18. The molecule has 2 aromatic carbocycles. The Morgan fingerprint density at radius 2 is 1.97 bits per heavy atom. The van der Waals surface area contributed by atoms with Crippen LogP contribution in [0.15, 0.2) is 59.5 Å². The molecule has 0 radical (unpaired) electrons. The highest BCUT2D eigenvalue weighted by Gasteiger charge is 2.36. The standard InChI is InChI=1S/C22H22N2O5S/c1-29-18-9-5-8-16(11-18)12-19-21(27)24(22(28)30-19)13-20(26)23-17(14-25)10-15-6-3-2-4-7-15/h2-9,11-12,17,25H,10,13-14H2,1H3,(H,23,26)/b19-12-/t17-/m1/s1. The molecule has 1 aliphatic rings. The quantitative estimate of drug-likeness (QED) is 0.630. The minimum absolute atomic E-state index is 0.240. The van der Waals surface area contributed by atoms with Gasteiger partial charge in [0.1, 0.15) is 12.3 Å². The number of aliphatic hydroxyl groups is 1. The van der Waals surface area contributed by atoms with E-state index in [0.29, 0.717) is 17.7 Å². The van der Waals surface area contributed by atoms with Gasteiger partial charge in [0, 0.05) is 0 Å². The summed E-state index contributed by atoms with van der Waals surface area (Å²) in [7, 11) is 1.54. The number of aliphatic hydroxyl groups excluding tert-OH is 1. The maximum Gasteiger partial charge on any atom is 0.294 e. The summed E-state index contributed by atoms with van der Waals surface area (Å²) < 4.78 is 5.16. The number of imide groups is 1. The number of ether oxygens (including phenoxy) is 1. The molecule has 8 heteroatoms. The number of nitrogens with one attached hydrogen (secondary N) is 1. The predicted molar refractivity (Wildman–Crippen MR) is 115 cm³/mol. The maximum atomic E-state index is 12.6. The highest BCUT2D eigenvalue weighted by atomic mass is 32.2. The smallest absolute Gasteiger partial charge is 0.294 e. The zero-order chi connectivity index (χ0) is 21.5. The number of carbonyl (C=O) groups is 3. The van der Waals surface area contributed by atoms with Gasteiger partial charge in [-0.15, -0.1) is 0 Å². The number of thioether (sulfide) groups is 1. The summed E-state index contributed by atoms with van der Waals surface area (Å²) in [5.74, 6) is -0.391. The third-order valence-electron chi connectivity index (χ3n) is 4.48. The van der Waals surface area contributed by atoms with E-state index in [1.807, 2.05) is 30.3 Å². The second-order valence-electron chi connectivity index (χ2n) is 6.68. The molecule has 3 rings (SSSR count). The van der Waals surface area contributed by atoms with Gasteiger partial charge in [-0.1, -0.05) is 42.5 Å². The van der Waals surface area contributed by atoms with E-state index < -0.39 is 29.6 Å². The van der Waals surface area contributed by atoms with Crippen molar-refractivity contribution in [2.75, 3.05) is 20.3 Å². The summed E-state index contributed by atoms with van der Waals surface area (Å²) in [4.78, 5) is 38.4. The first-order valence-corrected chi connectivity index (χ1v) is 10.2. The van der Waals surface area contributed by atoms with Gasteiger partial charge in [-0.05, 0) is 47.5 Å². The molecule has 7 nitrogen and oxygen atoms in total. The molecule has 2 aromatic rings. The Morgan fingerprint density at radius 3 is 2.67 bits per heavy atom. The van der Waals surface area contributed by atoms with E-state index in [4.69, 9.17) is 4.74 Å². The summed E-state index contributed by atoms with van der Waals surface area (Å²) in [6, 6.07) is 16.0. The van der Waals surface area contributed by atoms with E-state index in [1.54, 1.807) is 37.5 Å². The monoisotopic (exact) mass is 426 g/mol. The molecule has 3 amide bonds. The molecule has 0 aliphatic carbocycles. The molecular weight excluding hydrogens is 404 g/mol. The Bertz CT molecular complexity index is 961. The van der Waals surface area contributed by atoms with Crippen LogP contribution in [0.1, 0.15) is 11.1 Å². The van der Waals surface area contributed by atoms with Crippen LogP contribution in [0.3, 0.4) is 0 Å². The van der Waals surface area contributed by atoms with E-state index in [0.717, 1.165) is 22.2 Å². The zero-order valence-electron chi connectivity index (χ0n) is 16.4. The van der Waals surface area contributed by atoms with Crippen molar-refractivity contribution in [1.29, 1.82) is 0 Å². The van der Waals surface area contributed by atoms with Crippen LogP contribution >= 0.6 is 11.8 Å². The normalized spacial score (nSPS) is 16.1. The first kappa shape index (κ1) is 21.6. The summed E-state index contributed by atoms with van der Waals surface area (Å²) in [5.41, 5.74) is 1.68. The third kappa shape index (κ3) is 5.49.